The van der Waals surface area contributed by atoms with Gasteiger partial charge in [-0.2, -0.15) is 0 Å². The second-order valence-electron chi connectivity index (χ2n) is 3.36. The zero-order valence-corrected chi connectivity index (χ0v) is 7.26. The number of rotatable bonds is 2. The highest BCUT2D eigenvalue weighted by molar-refractivity contribution is 5.86. The number of amides is 2. The maximum Gasteiger partial charge on any atom is 0.238 e. The van der Waals surface area contributed by atoms with Gasteiger partial charge in [0.05, 0.1) is 12.2 Å². The van der Waals surface area contributed by atoms with E-state index in [1.807, 2.05) is 13.8 Å². The first-order valence-electron chi connectivity index (χ1n) is 3.77. The molecule has 5 nitrogen and oxygen atoms in total. The van der Waals surface area contributed by atoms with Gasteiger partial charge in [0.25, 0.3) is 0 Å². The second-order valence-corrected chi connectivity index (χ2v) is 3.36. The molecular formula is C7H13N3O2. The van der Waals surface area contributed by atoms with Gasteiger partial charge in [-0.25, -0.2) is 0 Å². The van der Waals surface area contributed by atoms with Crippen LogP contribution in [0.1, 0.15) is 13.8 Å². The third-order valence-corrected chi connectivity index (χ3v) is 1.96. The Balaban J connectivity index is 2.71. The van der Waals surface area contributed by atoms with Crippen molar-refractivity contribution in [2.45, 2.75) is 19.5 Å². The fourth-order valence-electron chi connectivity index (χ4n) is 1.24. The van der Waals surface area contributed by atoms with Gasteiger partial charge in [0.15, 0.2) is 0 Å². The Bertz CT molecular complexity index is 225. The molecule has 5 heteroatoms. The minimum atomic E-state index is -0.486. The maximum absolute atomic E-state index is 11.2. The molecule has 0 spiro atoms. The summed E-state index contributed by atoms with van der Waals surface area (Å²) in [6, 6.07) is 0. The third kappa shape index (κ3) is 1.55. The summed E-state index contributed by atoms with van der Waals surface area (Å²) in [5.74, 6) is -0.570. The van der Waals surface area contributed by atoms with Crippen molar-refractivity contribution in [3.63, 3.8) is 0 Å². The molecule has 0 aromatic carbocycles. The molecule has 68 valence electrons. The molecule has 0 aliphatic carbocycles. The lowest BCUT2D eigenvalue weighted by Gasteiger charge is -2.29. The summed E-state index contributed by atoms with van der Waals surface area (Å²) in [6.07, 6.45) is 0. The lowest BCUT2D eigenvalue weighted by Crippen LogP contribution is -2.50. The van der Waals surface area contributed by atoms with Crippen LogP contribution in [0.2, 0.25) is 0 Å². The Morgan fingerprint density at radius 1 is 1.75 bits per heavy atom. The van der Waals surface area contributed by atoms with E-state index in [1.54, 1.807) is 0 Å². The molecule has 2 amide bonds. The number of nitrogens with two attached hydrogens (primary N) is 1. The van der Waals surface area contributed by atoms with Crippen molar-refractivity contribution in [1.82, 2.24) is 10.2 Å². The lowest BCUT2D eigenvalue weighted by atomic mass is 10.2. The molecule has 0 atom stereocenters. The summed E-state index contributed by atoms with van der Waals surface area (Å²) in [6.45, 7) is 3.93. The van der Waals surface area contributed by atoms with Crippen LogP contribution in [0, 0.1) is 0 Å². The molecule has 0 aromatic heterocycles. The second kappa shape index (κ2) is 2.75. The fourth-order valence-corrected chi connectivity index (χ4v) is 1.24. The topological polar surface area (TPSA) is 75.4 Å². The Morgan fingerprint density at radius 2 is 2.33 bits per heavy atom. The number of carbonyl (C=O) groups is 2. The molecular weight excluding hydrogens is 158 g/mol. The molecule has 0 unspecified atom stereocenters. The van der Waals surface area contributed by atoms with Gasteiger partial charge in [-0.3, -0.25) is 14.9 Å². The monoisotopic (exact) mass is 171 g/mol. The predicted molar refractivity (Wildman–Crippen MR) is 43.0 cm³/mol. The molecule has 1 aliphatic rings. The zero-order chi connectivity index (χ0) is 9.35. The van der Waals surface area contributed by atoms with Crippen molar-refractivity contribution in [2.24, 2.45) is 5.73 Å². The molecule has 1 fully saturated rings. The van der Waals surface area contributed by atoms with Gasteiger partial charge in [-0.05, 0) is 13.8 Å². The van der Waals surface area contributed by atoms with E-state index in [0.717, 1.165) is 0 Å². The van der Waals surface area contributed by atoms with E-state index < -0.39 is 11.6 Å². The van der Waals surface area contributed by atoms with Crippen molar-refractivity contribution in [1.29, 1.82) is 0 Å². The van der Waals surface area contributed by atoms with Gasteiger partial charge in [0.2, 0.25) is 11.8 Å². The average molecular weight is 171 g/mol. The van der Waals surface area contributed by atoms with E-state index in [-0.39, 0.29) is 19.0 Å². The van der Waals surface area contributed by atoms with Gasteiger partial charge >= 0.3 is 0 Å². The van der Waals surface area contributed by atoms with Crippen LogP contribution in [-0.2, 0) is 9.59 Å². The van der Waals surface area contributed by atoms with Crippen LogP contribution in [-0.4, -0.2) is 35.5 Å². The molecule has 0 bridgehead atoms. The molecule has 0 aromatic rings. The summed E-state index contributed by atoms with van der Waals surface area (Å²) in [5, 5.41) is 2.97. The summed E-state index contributed by atoms with van der Waals surface area (Å²) in [7, 11) is 0. The number of carbonyl (C=O) groups excluding carboxylic acids is 2. The van der Waals surface area contributed by atoms with Crippen molar-refractivity contribution in [2.75, 3.05) is 13.1 Å². The van der Waals surface area contributed by atoms with Crippen LogP contribution < -0.4 is 11.1 Å². The quantitative estimate of drug-likeness (QED) is 0.538. The van der Waals surface area contributed by atoms with E-state index >= 15 is 0 Å². The Kier molecular flexibility index (Phi) is 2.06. The minimum Gasteiger partial charge on any atom is -0.368 e. The number of hydrogen-bond donors (Lipinski definition) is 2. The minimum absolute atomic E-state index is 0.0150. The first-order valence-corrected chi connectivity index (χ1v) is 3.77. The molecule has 12 heavy (non-hydrogen) atoms. The molecule has 1 aliphatic heterocycles. The maximum atomic E-state index is 11.2. The Labute approximate surface area is 70.9 Å². The number of hydrogen-bond acceptors (Lipinski definition) is 3. The molecule has 0 radical (unpaired) electrons. The first kappa shape index (κ1) is 8.99. The van der Waals surface area contributed by atoms with E-state index in [0.29, 0.717) is 0 Å². The summed E-state index contributed by atoms with van der Waals surface area (Å²) in [5.41, 5.74) is 4.54. The van der Waals surface area contributed by atoms with E-state index in [9.17, 15) is 9.59 Å². The molecule has 1 saturated heterocycles. The number of nitrogens with zero attached hydrogens (tertiary/aromatic N) is 1. The molecule has 3 N–H and O–H groups in total. The van der Waals surface area contributed by atoms with E-state index in [2.05, 4.69) is 5.32 Å². The summed E-state index contributed by atoms with van der Waals surface area (Å²) < 4.78 is 0. The van der Waals surface area contributed by atoms with Crippen LogP contribution in [0.15, 0.2) is 0 Å². The van der Waals surface area contributed by atoms with Gasteiger partial charge < -0.3 is 10.6 Å². The highest BCUT2D eigenvalue weighted by Crippen LogP contribution is 2.15. The predicted octanol–water partition coefficient (Wildman–Crippen LogP) is -1.36. The van der Waals surface area contributed by atoms with Crippen LogP contribution in [0.3, 0.4) is 0 Å². The number of nitrogens with one attached hydrogen (secondary N) is 1. The van der Waals surface area contributed by atoms with Gasteiger partial charge in [-0.1, -0.05) is 0 Å². The third-order valence-electron chi connectivity index (χ3n) is 1.96. The standard InChI is InChI=1S/C7H13N3O2/c1-7(2)9-3-6(12)10(7)4-5(8)11/h9H,3-4H2,1-2H3,(H2,8,11). The van der Waals surface area contributed by atoms with Gasteiger partial charge in [-0.15, -0.1) is 0 Å². The van der Waals surface area contributed by atoms with Crippen LogP contribution >= 0.6 is 0 Å². The summed E-state index contributed by atoms with van der Waals surface area (Å²) in [4.78, 5) is 23.2. The first-order chi connectivity index (χ1) is 5.43. The van der Waals surface area contributed by atoms with E-state index in [1.165, 1.54) is 4.90 Å². The van der Waals surface area contributed by atoms with E-state index in [4.69, 9.17) is 5.73 Å². The molecule has 1 heterocycles. The molecule has 0 saturated carbocycles. The number of primary amides is 1. The highest BCUT2D eigenvalue weighted by atomic mass is 16.2. The largest absolute Gasteiger partial charge is 0.368 e. The normalized spacial score (nSPS) is 21.5. The smallest absolute Gasteiger partial charge is 0.238 e. The van der Waals surface area contributed by atoms with Gasteiger partial charge in [0, 0.05) is 0 Å². The Hall–Kier alpha value is -1.10. The molecule has 1 rings (SSSR count). The fraction of sp³-hybridized carbons (Fsp3) is 0.714. The van der Waals surface area contributed by atoms with Crippen molar-refractivity contribution in [3.05, 3.63) is 0 Å². The van der Waals surface area contributed by atoms with Gasteiger partial charge in [0.1, 0.15) is 6.54 Å². The Morgan fingerprint density at radius 3 is 2.67 bits per heavy atom. The SMILES string of the molecule is CC1(C)NCC(=O)N1CC(N)=O. The lowest BCUT2D eigenvalue weighted by molar-refractivity contribution is -0.134. The average Bonchev–Trinajstić information content (AvgIpc) is 2.15. The zero-order valence-electron chi connectivity index (χ0n) is 7.26. The van der Waals surface area contributed by atoms with Crippen LogP contribution in [0.4, 0.5) is 0 Å². The van der Waals surface area contributed by atoms with Crippen molar-refractivity contribution < 1.29 is 9.59 Å². The van der Waals surface area contributed by atoms with Crippen molar-refractivity contribution >= 4 is 11.8 Å². The summed E-state index contributed by atoms with van der Waals surface area (Å²) >= 11 is 0. The highest BCUT2D eigenvalue weighted by Gasteiger charge is 2.37. The van der Waals surface area contributed by atoms with Crippen LogP contribution in [0.5, 0.6) is 0 Å². The van der Waals surface area contributed by atoms with Crippen molar-refractivity contribution in [3.8, 4) is 0 Å². The van der Waals surface area contributed by atoms with Crippen LogP contribution in [0.25, 0.3) is 0 Å².